The Morgan fingerprint density at radius 1 is 1.14 bits per heavy atom. The number of piperazine rings is 1. The molecule has 0 unspecified atom stereocenters. The van der Waals surface area contributed by atoms with Gasteiger partial charge in [0.1, 0.15) is 0 Å². The molecule has 2 aliphatic heterocycles. The second-order valence-electron chi connectivity index (χ2n) is 9.82. The Bertz CT molecular complexity index is 1310. The number of aliphatic hydroxyl groups excluding tert-OH is 1. The predicted octanol–water partition coefficient (Wildman–Crippen LogP) is 3.39. The van der Waals surface area contributed by atoms with Gasteiger partial charge in [0.05, 0.1) is 22.3 Å². The average Bonchev–Trinajstić information content (AvgIpc) is 3.60. The summed E-state index contributed by atoms with van der Waals surface area (Å²) in [4.78, 5) is 48.0. The van der Waals surface area contributed by atoms with Gasteiger partial charge in [-0.05, 0) is 54.8 Å². The van der Waals surface area contributed by atoms with Gasteiger partial charge in [-0.2, -0.15) is 11.3 Å². The van der Waals surface area contributed by atoms with Crippen LogP contribution < -0.4 is 0 Å². The highest BCUT2D eigenvalue weighted by Crippen LogP contribution is 2.30. The molecule has 4 heterocycles. The molecule has 0 spiro atoms. The fourth-order valence-corrected chi connectivity index (χ4v) is 6.06. The van der Waals surface area contributed by atoms with E-state index in [0.29, 0.717) is 41.0 Å². The van der Waals surface area contributed by atoms with Crippen molar-refractivity contribution in [1.29, 1.82) is 0 Å². The summed E-state index contributed by atoms with van der Waals surface area (Å²) < 4.78 is 0. The molecule has 190 valence electrons. The zero-order valence-electron chi connectivity index (χ0n) is 20.2. The molecular formula is C26H29ClN4O4S. The highest BCUT2D eigenvalue weighted by Gasteiger charge is 2.34. The number of Topliss-reactive ketones (excluding diaryl/α,β-unsaturated/α-hetero) is 1. The van der Waals surface area contributed by atoms with Gasteiger partial charge in [0.15, 0.2) is 0 Å². The number of likely N-dealkylation sites (tertiary alicyclic amines) is 1. The van der Waals surface area contributed by atoms with Gasteiger partial charge in [-0.25, -0.2) is 0 Å². The summed E-state index contributed by atoms with van der Waals surface area (Å²) in [6, 6.07) is 5.53. The van der Waals surface area contributed by atoms with E-state index >= 15 is 0 Å². The Labute approximate surface area is 218 Å². The van der Waals surface area contributed by atoms with E-state index in [2.05, 4.69) is 33.6 Å². The van der Waals surface area contributed by atoms with Gasteiger partial charge in [0.2, 0.25) is 0 Å². The van der Waals surface area contributed by atoms with Crippen molar-refractivity contribution in [2.45, 2.75) is 45.0 Å². The molecule has 2 aromatic heterocycles. The van der Waals surface area contributed by atoms with E-state index in [1.54, 1.807) is 23.5 Å². The van der Waals surface area contributed by atoms with Crippen LogP contribution in [0.25, 0.3) is 10.9 Å². The number of H-pyrrole nitrogens is 1. The third-order valence-corrected chi connectivity index (χ3v) is 8.28. The second-order valence-corrected chi connectivity index (χ2v) is 11.0. The molecule has 2 saturated heterocycles. The normalized spacial score (nSPS) is 22.9. The first kappa shape index (κ1) is 25.0. The maximum absolute atomic E-state index is 13.7. The van der Waals surface area contributed by atoms with Crippen LogP contribution in [0.4, 0.5) is 0 Å². The summed E-state index contributed by atoms with van der Waals surface area (Å²) in [5, 5.41) is 14.7. The molecule has 36 heavy (non-hydrogen) atoms. The van der Waals surface area contributed by atoms with Crippen molar-refractivity contribution in [1.82, 2.24) is 19.7 Å². The van der Waals surface area contributed by atoms with Crippen LogP contribution >= 0.6 is 22.9 Å². The van der Waals surface area contributed by atoms with Gasteiger partial charge in [-0.3, -0.25) is 19.3 Å². The van der Waals surface area contributed by atoms with Crippen molar-refractivity contribution in [3.8, 4) is 0 Å². The molecule has 2 N–H and O–H groups in total. The van der Waals surface area contributed by atoms with Crippen molar-refractivity contribution >= 4 is 51.4 Å². The monoisotopic (exact) mass is 528 g/mol. The van der Waals surface area contributed by atoms with Crippen molar-refractivity contribution in [3.05, 3.63) is 56.9 Å². The number of amides is 2. The maximum Gasteiger partial charge on any atom is 0.295 e. The fraction of sp³-hybridized carbons (Fsp3) is 0.423. The fourth-order valence-electron chi connectivity index (χ4n) is 5.15. The van der Waals surface area contributed by atoms with Gasteiger partial charge in [-0.15, -0.1) is 0 Å². The number of β-amino-alcohol motifs (C(OH)–C–C–N with tert-alkyl or cyclic N) is 1. The number of ketones is 1. The number of fused-ring (bicyclic) bond motifs is 1. The van der Waals surface area contributed by atoms with Crippen molar-refractivity contribution < 1.29 is 19.5 Å². The van der Waals surface area contributed by atoms with Crippen molar-refractivity contribution in [3.63, 3.8) is 0 Å². The van der Waals surface area contributed by atoms with E-state index in [-0.39, 0.29) is 30.1 Å². The number of nitrogens with zero attached hydrogens (tertiary/aromatic N) is 3. The molecule has 0 bridgehead atoms. The summed E-state index contributed by atoms with van der Waals surface area (Å²) in [5.74, 6) is -1.51. The topological polar surface area (TPSA) is 97.0 Å². The first-order valence-corrected chi connectivity index (χ1v) is 13.4. The minimum atomic E-state index is -0.667. The van der Waals surface area contributed by atoms with Gasteiger partial charge in [-0.1, -0.05) is 11.6 Å². The van der Waals surface area contributed by atoms with E-state index in [9.17, 15) is 19.5 Å². The van der Waals surface area contributed by atoms with Crippen LogP contribution in [0.3, 0.4) is 0 Å². The molecular weight excluding hydrogens is 500 g/mol. The van der Waals surface area contributed by atoms with Crippen molar-refractivity contribution in [2.75, 3.05) is 26.2 Å². The summed E-state index contributed by atoms with van der Waals surface area (Å²) in [5.41, 5.74) is 2.36. The minimum absolute atomic E-state index is 0.0189. The minimum Gasteiger partial charge on any atom is -0.391 e. The number of carbonyl (C=O) groups is 3. The van der Waals surface area contributed by atoms with Crippen LogP contribution in [0.1, 0.15) is 46.5 Å². The van der Waals surface area contributed by atoms with E-state index in [0.717, 1.165) is 13.1 Å². The number of aromatic nitrogens is 1. The van der Waals surface area contributed by atoms with Gasteiger partial charge in [0, 0.05) is 61.9 Å². The molecule has 0 radical (unpaired) electrons. The number of hydrogen-bond donors (Lipinski definition) is 2. The standard InChI is InChI=1S/C26H29ClN4O4S/c1-15-11-31(16(2)10-30(15)12-17-4-6-36-14-17)25(34)20-7-19-21(9-28-23(19)8-22(20)27)24(33)26(35)29-5-3-18(32)13-29/h4,6-9,14-16,18,28,32H,3,5,10-13H2,1-2H3/t15-,16+,18+/m0/s1. The number of benzene rings is 1. The lowest BCUT2D eigenvalue weighted by Crippen LogP contribution is -2.57. The van der Waals surface area contributed by atoms with Gasteiger partial charge >= 0.3 is 0 Å². The number of halogens is 1. The Hall–Kier alpha value is -2.72. The summed E-state index contributed by atoms with van der Waals surface area (Å²) >= 11 is 8.21. The lowest BCUT2D eigenvalue weighted by molar-refractivity contribution is -0.125. The van der Waals surface area contributed by atoms with Crippen LogP contribution in [-0.2, 0) is 11.3 Å². The molecule has 0 saturated carbocycles. The van der Waals surface area contributed by atoms with Crippen LogP contribution in [0.2, 0.25) is 5.02 Å². The third kappa shape index (κ3) is 4.68. The Balaban J connectivity index is 1.38. The highest BCUT2D eigenvalue weighted by atomic mass is 35.5. The molecule has 5 rings (SSSR count). The van der Waals surface area contributed by atoms with Crippen LogP contribution in [-0.4, -0.2) is 86.8 Å². The number of aromatic amines is 1. The zero-order valence-corrected chi connectivity index (χ0v) is 21.8. The molecule has 2 fully saturated rings. The molecule has 0 aliphatic carbocycles. The van der Waals surface area contributed by atoms with Gasteiger partial charge in [0.25, 0.3) is 17.6 Å². The quantitative estimate of drug-likeness (QED) is 0.391. The molecule has 3 atom stereocenters. The third-order valence-electron chi connectivity index (χ3n) is 7.23. The van der Waals surface area contributed by atoms with Crippen molar-refractivity contribution in [2.24, 2.45) is 0 Å². The SMILES string of the molecule is C[C@@H]1CN(Cc2ccsc2)[C@@H](C)CN1C(=O)c1cc2c(C(=O)C(=O)N3CC[C@@H](O)C3)c[nH]c2cc1Cl. The maximum atomic E-state index is 13.7. The predicted molar refractivity (Wildman–Crippen MR) is 140 cm³/mol. The zero-order chi connectivity index (χ0) is 25.6. The van der Waals surface area contributed by atoms with Crippen LogP contribution in [0, 0.1) is 0 Å². The van der Waals surface area contributed by atoms with Gasteiger partial charge < -0.3 is 19.9 Å². The van der Waals surface area contributed by atoms with E-state index in [4.69, 9.17) is 11.6 Å². The number of hydrogen-bond acceptors (Lipinski definition) is 6. The molecule has 2 aliphatic rings. The van der Waals surface area contributed by atoms with Crippen LogP contribution in [0.5, 0.6) is 0 Å². The first-order valence-electron chi connectivity index (χ1n) is 12.1. The smallest absolute Gasteiger partial charge is 0.295 e. The summed E-state index contributed by atoms with van der Waals surface area (Å²) in [6.45, 7) is 6.80. The Morgan fingerprint density at radius 2 is 1.94 bits per heavy atom. The molecule has 8 nitrogen and oxygen atoms in total. The average molecular weight is 529 g/mol. The lowest BCUT2D eigenvalue weighted by atomic mass is 10.0. The van der Waals surface area contributed by atoms with E-state index < -0.39 is 17.8 Å². The number of rotatable bonds is 5. The molecule has 2 amide bonds. The number of nitrogens with one attached hydrogen (secondary N) is 1. The lowest BCUT2D eigenvalue weighted by Gasteiger charge is -2.44. The Kier molecular flexibility index (Phi) is 6.91. The summed E-state index contributed by atoms with van der Waals surface area (Å²) in [6.07, 6.45) is 1.33. The summed E-state index contributed by atoms with van der Waals surface area (Å²) in [7, 11) is 0. The molecule has 1 aromatic carbocycles. The largest absolute Gasteiger partial charge is 0.391 e. The highest BCUT2D eigenvalue weighted by molar-refractivity contribution is 7.07. The number of thiophene rings is 1. The molecule has 3 aromatic rings. The molecule has 10 heteroatoms. The van der Waals surface area contributed by atoms with E-state index in [1.165, 1.54) is 16.7 Å². The number of aliphatic hydroxyl groups is 1. The Morgan fingerprint density at radius 3 is 2.64 bits per heavy atom. The van der Waals surface area contributed by atoms with E-state index in [1.807, 2.05) is 11.8 Å². The number of carbonyl (C=O) groups excluding carboxylic acids is 3. The van der Waals surface area contributed by atoms with Crippen LogP contribution in [0.15, 0.2) is 35.2 Å². The first-order chi connectivity index (χ1) is 17.2. The second kappa shape index (κ2) is 9.97.